The number of likely N-dealkylation sites (N-methyl/N-ethyl adjacent to an activating group) is 1. The Balaban J connectivity index is 1.25. The van der Waals surface area contributed by atoms with Crippen molar-refractivity contribution in [2.24, 2.45) is 0 Å². The van der Waals surface area contributed by atoms with Crippen molar-refractivity contribution in [2.75, 3.05) is 33.2 Å². The van der Waals surface area contributed by atoms with Crippen LogP contribution in [0.15, 0.2) is 84.9 Å². The molecule has 0 bridgehead atoms. The lowest BCUT2D eigenvalue weighted by Crippen LogP contribution is -2.54. The molecule has 0 radical (unpaired) electrons. The van der Waals surface area contributed by atoms with Crippen molar-refractivity contribution < 1.29 is 24.0 Å². The van der Waals surface area contributed by atoms with Gasteiger partial charge in [-0.2, -0.15) is 12.6 Å². The number of nitrogens with one attached hydrogen (secondary N) is 2. The number of hydrogen-bond acceptors (Lipinski definition) is 7. The molecule has 5 rings (SSSR count). The Kier molecular flexibility index (Phi) is 10.9. The van der Waals surface area contributed by atoms with Crippen LogP contribution < -0.4 is 10.6 Å². The van der Waals surface area contributed by atoms with Gasteiger partial charge in [-0.05, 0) is 36.1 Å². The van der Waals surface area contributed by atoms with Crippen LogP contribution in [0.5, 0.6) is 0 Å². The number of benzene rings is 3. The summed E-state index contributed by atoms with van der Waals surface area (Å²) >= 11 is 4.55. The maximum atomic E-state index is 14.1. The van der Waals surface area contributed by atoms with E-state index in [0.717, 1.165) is 5.56 Å². The van der Waals surface area contributed by atoms with Gasteiger partial charge in [-0.15, -0.1) is 0 Å². The van der Waals surface area contributed by atoms with Crippen molar-refractivity contribution >= 4 is 42.2 Å². The zero-order valence-corrected chi connectivity index (χ0v) is 26.7. The molecule has 10 nitrogen and oxygen atoms in total. The van der Waals surface area contributed by atoms with E-state index in [4.69, 9.17) is 0 Å². The van der Waals surface area contributed by atoms with Crippen molar-refractivity contribution in [2.45, 2.75) is 43.1 Å². The fourth-order valence-corrected chi connectivity index (χ4v) is 6.29. The van der Waals surface area contributed by atoms with E-state index < -0.39 is 17.3 Å². The van der Waals surface area contributed by atoms with Crippen LogP contribution in [-0.2, 0) is 20.9 Å². The van der Waals surface area contributed by atoms with Gasteiger partial charge in [0.2, 0.25) is 17.7 Å². The third-order valence-corrected chi connectivity index (χ3v) is 8.95. The first-order valence-corrected chi connectivity index (χ1v) is 16.1. The smallest absolute Gasteiger partial charge is 0.261 e. The molecule has 0 saturated carbocycles. The molecule has 0 aliphatic carbocycles. The number of unbranched alkanes of at least 4 members (excludes halogenated alkanes) is 1. The largest absolute Gasteiger partial charge is 0.357 e. The number of thiol groups is 1. The van der Waals surface area contributed by atoms with E-state index in [1.54, 1.807) is 36.2 Å². The van der Waals surface area contributed by atoms with Crippen LogP contribution in [0, 0.1) is 0 Å². The van der Waals surface area contributed by atoms with Gasteiger partial charge in [-0.1, -0.05) is 79.2 Å². The highest BCUT2D eigenvalue weighted by Gasteiger charge is 2.39. The van der Waals surface area contributed by atoms with E-state index in [0.29, 0.717) is 55.6 Å². The SMILES string of the molecule is CNC(=O)C(c1ccccc1)N1CCN(Cc2ccccc2)CC(NC(=O)C(S)CCCCN2C(=O)c3ccccc3C2=O)C1=O. The van der Waals surface area contributed by atoms with E-state index >= 15 is 0 Å². The number of amides is 5. The highest BCUT2D eigenvalue weighted by atomic mass is 32.1. The Morgan fingerprint density at radius 2 is 1.43 bits per heavy atom. The Bertz CT molecular complexity index is 1530. The van der Waals surface area contributed by atoms with E-state index in [1.807, 2.05) is 60.7 Å². The minimum absolute atomic E-state index is 0.249. The van der Waals surface area contributed by atoms with Crippen LogP contribution in [0.3, 0.4) is 0 Å². The molecule has 2 N–H and O–H groups in total. The van der Waals surface area contributed by atoms with Crippen LogP contribution in [0.4, 0.5) is 0 Å². The van der Waals surface area contributed by atoms with E-state index in [2.05, 4.69) is 28.2 Å². The van der Waals surface area contributed by atoms with Gasteiger partial charge in [-0.3, -0.25) is 33.8 Å². The zero-order chi connectivity index (χ0) is 32.6. The van der Waals surface area contributed by atoms with Crippen molar-refractivity contribution in [1.82, 2.24) is 25.3 Å². The topological polar surface area (TPSA) is 119 Å². The molecule has 46 heavy (non-hydrogen) atoms. The molecule has 1 saturated heterocycles. The fourth-order valence-electron chi connectivity index (χ4n) is 6.03. The second-order valence-corrected chi connectivity index (χ2v) is 12.2. The molecule has 2 aliphatic rings. The third-order valence-electron chi connectivity index (χ3n) is 8.46. The van der Waals surface area contributed by atoms with Crippen molar-refractivity contribution in [3.63, 3.8) is 0 Å². The Morgan fingerprint density at radius 1 is 0.826 bits per heavy atom. The van der Waals surface area contributed by atoms with Gasteiger partial charge < -0.3 is 15.5 Å². The number of carbonyl (C=O) groups excluding carboxylic acids is 5. The summed E-state index contributed by atoms with van der Waals surface area (Å²) < 4.78 is 0. The summed E-state index contributed by atoms with van der Waals surface area (Å²) in [7, 11) is 1.54. The Morgan fingerprint density at radius 3 is 2.07 bits per heavy atom. The molecule has 3 aromatic rings. The first kappa shape index (κ1) is 32.9. The van der Waals surface area contributed by atoms with Crippen LogP contribution in [0.2, 0.25) is 0 Å². The molecule has 5 amide bonds. The summed E-state index contributed by atoms with van der Waals surface area (Å²) in [6.45, 7) is 1.90. The van der Waals surface area contributed by atoms with Crippen molar-refractivity contribution in [1.29, 1.82) is 0 Å². The molecule has 0 spiro atoms. The molecule has 240 valence electrons. The van der Waals surface area contributed by atoms with E-state index in [1.165, 1.54) is 4.90 Å². The van der Waals surface area contributed by atoms with Crippen molar-refractivity contribution in [3.8, 4) is 0 Å². The summed E-state index contributed by atoms with van der Waals surface area (Å²) in [5, 5.41) is 4.91. The van der Waals surface area contributed by atoms with Gasteiger partial charge in [0.15, 0.2) is 0 Å². The minimum atomic E-state index is -0.900. The van der Waals surface area contributed by atoms with Gasteiger partial charge in [0.05, 0.1) is 16.4 Å². The highest BCUT2D eigenvalue weighted by Crippen LogP contribution is 2.25. The summed E-state index contributed by atoms with van der Waals surface area (Å²) in [6, 6.07) is 24.0. The maximum Gasteiger partial charge on any atom is 0.261 e. The van der Waals surface area contributed by atoms with Crippen LogP contribution in [0.1, 0.15) is 57.1 Å². The minimum Gasteiger partial charge on any atom is -0.357 e. The molecule has 3 aromatic carbocycles. The number of hydrogen-bond donors (Lipinski definition) is 3. The standard InChI is InChI=1S/C35H39N5O5S/c1-36-32(42)30(25-14-6-3-7-15-25)39-21-20-38(22-24-12-4-2-5-13-24)23-28(35(39)45)37-31(41)29(46)18-10-11-19-40-33(43)26-16-8-9-17-27(26)34(40)44/h2-9,12-17,28-30,46H,10-11,18-23H2,1H3,(H,36,42)(H,37,41). The molecule has 2 aliphatic heterocycles. The summed E-state index contributed by atoms with van der Waals surface area (Å²) in [6.07, 6.45) is 1.45. The predicted molar refractivity (Wildman–Crippen MR) is 177 cm³/mol. The summed E-state index contributed by atoms with van der Waals surface area (Å²) in [5.74, 6) is -1.65. The third kappa shape index (κ3) is 7.48. The summed E-state index contributed by atoms with van der Waals surface area (Å²) in [4.78, 5) is 70.9. The van der Waals surface area contributed by atoms with Crippen LogP contribution in [0.25, 0.3) is 0 Å². The van der Waals surface area contributed by atoms with Crippen molar-refractivity contribution in [3.05, 3.63) is 107 Å². The van der Waals surface area contributed by atoms with Crippen LogP contribution in [-0.4, -0.2) is 88.8 Å². The fraction of sp³-hybridized carbons (Fsp3) is 0.343. The Hall–Kier alpha value is -4.48. The predicted octanol–water partition coefficient (Wildman–Crippen LogP) is 3.07. The molecular formula is C35H39N5O5S. The van der Waals surface area contributed by atoms with Gasteiger partial charge in [0.1, 0.15) is 12.1 Å². The second kappa shape index (κ2) is 15.2. The lowest BCUT2D eigenvalue weighted by molar-refractivity contribution is -0.142. The van der Waals surface area contributed by atoms with Gasteiger partial charge >= 0.3 is 0 Å². The molecule has 0 aromatic heterocycles. The second-order valence-electron chi connectivity index (χ2n) is 11.6. The van der Waals surface area contributed by atoms with Gasteiger partial charge in [0, 0.05) is 39.8 Å². The first-order chi connectivity index (χ1) is 22.3. The molecule has 3 atom stereocenters. The number of fused-ring (bicyclic) bond motifs is 1. The van der Waals surface area contributed by atoms with Gasteiger partial charge in [-0.25, -0.2) is 0 Å². The highest BCUT2D eigenvalue weighted by molar-refractivity contribution is 7.81. The van der Waals surface area contributed by atoms with E-state index in [9.17, 15) is 24.0 Å². The molecule has 1 fully saturated rings. The molecule has 11 heteroatoms. The lowest BCUT2D eigenvalue weighted by atomic mass is 10.0. The number of imide groups is 1. The molecule has 3 unspecified atom stereocenters. The number of carbonyl (C=O) groups is 5. The quantitative estimate of drug-likeness (QED) is 0.159. The number of rotatable bonds is 12. The van der Waals surface area contributed by atoms with Gasteiger partial charge in [0.25, 0.3) is 11.8 Å². The lowest BCUT2D eigenvalue weighted by Gasteiger charge is -2.32. The Labute approximate surface area is 274 Å². The van der Waals surface area contributed by atoms with Crippen LogP contribution >= 0.6 is 12.6 Å². The average molecular weight is 642 g/mol. The maximum absolute atomic E-state index is 14.1. The normalized spacial score (nSPS) is 18.1. The zero-order valence-electron chi connectivity index (χ0n) is 25.8. The number of nitrogens with zero attached hydrogens (tertiary/aromatic N) is 3. The monoisotopic (exact) mass is 641 g/mol. The van der Waals surface area contributed by atoms with E-state index in [-0.39, 0.29) is 42.6 Å². The summed E-state index contributed by atoms with van der Waals surface area (Å²) in [5.41, 5.74) is 2.58. The molecule has 2 heterocycles. The first-order valence-electron chi connectivity index (χ1n) is 15.6. The average Bonchev–Trinajstić information content (AvgIpc) is 3.22. The molecular weight excluding hydrogens is 602 g/mol.